The second kappa shape index (κ2) is 7.17. The average Bonchev–Trinajstić information content (AvgIpc) is 3.05. The Balaban J connectivity index is 1.73. The third kappa shape index (κ3) is 4.03. The van der Waals surface area contributed by atoms with Gasteiger partial charge in [-0.2, -0.15) is 5.10 Å². The van der Waals surface area contributed by atoms with E-state index in [0.29, 0.717) is 16.7 Å². The van der Waals surface area contributed by atoms with Gasteiger partial charge in [-0.1, -0.05) is 12.1 Å². The second-order valence-electron chi connectivity index (χ2n) is 5.60. The number of carbonyl (C=O) groups excluding carboxylic acids is 2. The summed E-state index contributed by atoms with van der Waals surface area (Å²) < 4.78 is 25.9. The largest absolute Gasteiger partial charge is 0.294 e. The number of rotatable bonds is 6. The molecule has 0 aliphatic rings. The minimum absolute atomic E-state index is 0.0212. The van der Waals surface area contributed by atoms with Crippen LogP contribution in [0.1, 0.15) is 32.0 Å². The molecule has 0 saturated carbocycles. The molecule has 2 aromatic carbocycles. The van der Waals surface area contributed by atoms with E-state index in [2.05, 4.69) is 10.2 Å². The zero-order chi connectivity index (χ0) is 17.8. The van der Waals surface area contributed by atoms with E-state index in [1.165, 1.54) is 54.7 Å². The van der Waals surface area contributed by atoms with Gasteiger partial charge in [-0.15, -0.1) is 0 Å². The van der Waals surface area contributed by atoms with Crippen LogP contribution in [0.4, 0.5) is 8.78 Å². The van der Waals surface area contributed by atoms with Crippen molar-refractivity contribution < 1.29 is 18.4 Å². The fourth-order valence-electron chi connectivity index (χ4n) is 2.47. The van der Waals surface area contributed by atoms with Crippen molar-refractivity contribution in [1.29, 1.82) is 0 Å². The van der Waals surface area contributed by atoms with E-state index in [9.17, 15) is 18.4 Å². The van der Waals surface area contributed by atoms with Crippen LogP contribution in [0, 0.1) is 11.6 Å². The van der Waals surface area contributed by atoms with Gasteiger partial charge >= 0.3 is 0 Å². The summed E-state index contributed by atoms with van der Waals surface area (Å²) in [6.07, 6.45) is 1.48. The lowest BCUT2D eigenvalue weighted by Crippen LogP contribution is -2.10. The van der Waals surface area contributed by atoms with Crippen LogP contribution < -0.4 is 0 Å². The Kier molecular flexibility index (Phi) is 4.79. The first-order chi connectivity index (χ1) is 12.0. The summed E-state index contributed by atoms with van der Waals surface area (Å²) in [5.41, 5.74) is 1.75. The number of aromatic nitrogens is 2. The van der Waals surface area contributed by atoms with E-state index in [1.807, 2.05) is 0 Å². The first kappa shape index (κ1) is 16.7. The normalized spacial score (nSPS) is 10.6. The van der Waals surface area contributed by atoms with Crippen molar-refractivity contribution in [3.63, 3.8) is 0 Å². The molecule has 0 aliphatic carbocycles. The molecule has 0 aliphatic heterocycles. The van der Waals surface area contributed by atoms with Crippen molar-refractivity contribution in [3.8, 4) is 0 Å². The Hall–Kier alpha value is -3.15. The highest BCUT2D eigenvalue weighted by Gasteiger charge is 2.17. The Bertz CT molecular complexity index is 900. The van der Waals surface area contributed by atoms with Gasteiger partial charge in [-0.25, -0.2) is 8.78 Å². The number of nitrogens with one attached hydrogen (secondary N) is 1. The third-order valence-corrected chi connectivity index (χ3v) is 3.79. The monoisotopic (exact) mass is 340 g/mol. The van der Waals surface area contributed by atoms with Gasteiger partial charge in [0, 0.05) is 24.0 Å². The van der Waals surface area contributed by atoms with Gasteiger partial charge < -0.3 is 0 Å². The van der Waals surface area contributed by atoms with E-state index in [-0.39, 0.29) is 35.9 Å². The highest BCUT2D eigenvalue weighted by molar-refractivity contribution is 6.01. The van der Waals surface area contributed by atoms with Gasteiger partial charge in [0.2, 0.25) is 0 Å². The van der Waals surface area contributed by atoms with Gasteiger partial charge in [0.1, 0.15) is 17.3 Å². The molecule has 1 aromatic heterocycles. The molecule has 6 heteroatoms. The number of carbonyl (C=O) groups is 2. The lowest BCUT2D eigenvalue weighted by molar-refractivity contribution is 0.0985. The number of ketones is 2. The van der Waals surface area contributed by atoms with Gasteiger partial charge in [0.05, 0.1) is 6.20 Å². The molecule has 0 spiro atoms. The fraction of sp³-hybridized carbons (Fsp3) is 0.105. The molecule has 0 unspecified atom stereocenters. The SMILES string of the molecule is O=C(Cc1cn[nH]c1C(=O)Cc1ccc(F)cc1)c1ccc(F)cc1. The van der Waals surface area contributed by atoms with Gasteiger partial charge in [0.15, 0.2) is 11.6 Å². The molecule has 4 nitrogen and oxygen atoms in total. The van der Waals surface area contributed by atoms with Crippen molar-refractivity contribution in [2.75, 3.05) is 0 Å². The van der Waals surface area contributed by atoms with Crippen molar-refractivity contribution in [3.05, 3.63) is 88.7 Å². The van der Waals surface area contributed by atoms with E-state index in [4.69, 9.17) is 0 Å². The van der Waals surface area contributed by atoms with Crippen LogP contribution in [0.2, 0.25) is 0 Å². The molecule has 25 heavy (non-hydrogen) atoms. The second-order valence-corrected chi connectivity index (χ2v) is 5.60. The Morgan fingerprint density at radius 1 is 0.840 bits per heavy atom. The third-order valence-electron chi connectivity index (χ3n) is 3.79. The van der Waals surface area contributed by atoms with Crippen molar-refractivity contribution >= 4 is 11.6 Å². The average molecular weight is 340 g/mol. The molecule has 0 radical (unpaired) electrons. The lowest BCUT2D eigenvalue weighted by Gasteiger charge is -2.04. The summed E-state index contributed by atoms with van der Waals surface area (Å²) in [6, 6.07) is 10.9. The Labute approximate surface area is 142 Å². The summed E-state index contributed by atoms with van der Waals surface area (Å²) >= 11 is 0. The number of hydrogen-bond donors (Lipinski definition) is 1. The van der Waals surface area contributed by atoms with Gasteiger partial charge in [-0.3, -0.25) is 14.7 Å². The molecule has 0 atom stereocenters. The molecule has 0 saturated heterocycles. The van der Waals surface area contributed by atoms with Gasteiger partial charge in [-0.05, 0) is 42.0 Å². The molecular formula is C19H14F2N2O2. The smallest absolute Gasteiger partial charge is 0.185 e. The Morgan fingerprint density at radius 2 is 1.44 bits per heavy atom. The van der Waals surface area contributed by atoms with Crippen LogP contribution in [0.15, 0.2) is 54.7 Å². The number of halogens is 2. The molecule has 126 valence electrons. The summed E-state index contributed by atoms with van der Waals surface area (Å²) in [7, 11) is 0. The van der Waals surface area contributed by atoms with Crippen LogP contribution in [-0.4, -0.2) is 21.8 Å². The quantitative estimate of drug-likeness (QED) is 0.698. The fourth-order valence-corrected chi connectivity index (χ4v) is 2.47. The topological polar surface area (TPSA) is 62.8 Å². The zero-order valence-corrected chi connectivity index (χ0v) is 13.1. The van der Waals surface area contributed by atoms with Crippen molar-refractivity contribution in [1.82, 2.24) is 10.2 Å². The predicted octanol–water partition coefficient (Wildman–Crippen LogP) is 3.54. The molecule has 1 heterocycles. The standard InChI is InChI=1S/C19H14F2N2O2/c20-15-5-1-12(2-6-15)9-18(25)19-14(11-22-23-19)10-17(24)13-3-7-16(21)8-4-13/h1-8,11H,9-10H2,(H,22,23). The summed E-state index contributed by atoms with van der Waals surface area (Å²) in [5, 5.41) is 6.46. The number of benzene rings is 2. The Morgan fingerprint density at radius 3 is 2.08 bits per heavy atom. The maximum atomic E-state index is 12.9. The van der Waals surface area contributed by atoms with Crippen molar-refractivity contribution in [2.45, 2.75) is 12.8 Å². The highest BCUT2D eigenvalue weighted by atomic mass is 19.1. The van der Waals surface area contributed by atoms with Crippen LogP contribution in [0.3, 0.4) is 0 Å². The minimum atomic E-state index is -0.421. The number of aromatic amines is 1. The molecule has 0 amide bonds. The van der Waals surface area contributed by atoms with Crippen LogP contribution in [0.25, 0.3) is 0 Å². The molecule has 0 fully saturated rings. The van der Waals surface area contributed by atoms with Crippen LogP contribution in [-0.2, 0) is 12.8 Å². The molecular weight excluding hydrogens is 326 g/mol. The first-order valence-electron chi connectivity index (χ1n) is 7.61. The highest BCUT2D eigenvalue weighted by Crippen LogP contribution is 2.14. The first-order valence-corrected chi connectivity index (χ1v) is 7.61. The van der Waals surface area contributed by atoms with Crippen molar-refractivity contribution in [2.24, 2.45) is 0 Å². The number of H-pyrrole nitrogens is 1. The van der Waals surface area contributed by atoms with Crippen LogP contribution >= 0.6 is 0 Å². The zero-order valence-electron chi connectivity index (χ0n) is 13.1. The summed E-state index contributed by atoms with van der Waals surface area (Å²) in [4.78, 5) is 24.7. The van der Waals surface area contributed by atoms with E-state index in [1.54, 1.807) is 0 Å². The predicted molar refractivity (Wildman–Crippen MR) is 87.5 cm³/mol. The van der Waals surface area contributed by atoms with E-state index < -0.39 is 5.82 Å². The minimum Gasteiger partial charge on any atom is -0.294 e. The summed E-state index contributed by atoms with van der Waals surface area (Å²) in [6.45, 7) is 0. The maximum Gasteiger partial charge on any atom is 0.185 e. The molecule has 0 bridgehead atoms. The number of Topliss-reactive ketones (excluding diaryl/α,β-unsaturated/α-hetero) is 2. The molecule has 3 aromatic rings. The molecule has 1 N–H and O–H groups in total. The number of nitrogens with zero attached hydrogens (tertiary/aromatic N) is 1. The maximum absolute atomic E-state index is 12.9. The lowest BCUT2D eigenvalue weighted by atomic mass is 10.00. The van der Waals surface area contributed by atoms with Crippen LogP contribution in [0.5, 0.6) is 0 Å². The van der Waals surface area contributed by atoms with E-state index >= 15 is 0 Å². The number of hydrogen-bond acceptors (Lipinski definition) is 3. The summed E-state index contributed by atoms with van der Waals surface area (Å²) in [5.74, 6) is -1.28. The van der Waals surface area contributed by atoms with Gasteiger partial charge in [0.25, 0.3) is 0 Å². The van der Waals surface area contributed by atoms with E-state index in [0.717, 1.165) is 0 Å². The molecule has 3 rings (SSSR count).